The molecule has 2 N–H and O–H groups in total. The van der Waals surface area contributed by atoms with Crippen LogP contribution in [0.15, 0.2) is 41.3 Å². The van der Waals surface area contributed by atoms with Crippen LogP contribution in [0.2, 0.25) is 0 Å². The molecule has 0 saturated heterocycles. The molecule has 1 aromatic carbocycles. The predicted molar refractivity (Wildman–Crippen MR) is 71.7 cm³/mol. The van der Waals surface area contributed by atoms with Crippen molar-refractivity contribution in [3.8, 4) is 17.3 Å². The lowest BCUT2D eigenvalue weighted by Gasteiger charge is -2.05. The van der Waals surface area contributed by atoms with E-state index in [0.717, 1.165) is 5.69 Å². The van der Waals surface area contributed by atoms with Gasteiger partial charge in [-0.2, -0.15) is 4.98 Å². The van der Waals surface area contributed by atoms with Gasteiger partial charge in [0.1, 0.15) is 11.4 Å². The van der Waals surface area contributed by atoms with Gasteiger partial charge in [-0.1, -0.05) is 17.3 Å². The molecule has 20 heavy (non-hydrogen) atoms. The Kier molecular flexibility index (Phi) is 3.08. The number of hydrogen-bond acceptors (Lipinski definition) is 6. The van der Waals surface area contributed by atoms with Gasteiger partial charge in [-0.15, -0.1) is 0 Å². The number of anilines is 1. The van der Waals surface area contributed by atoms with Crippen LogP contribution >= 0.6 is 0 Å². The zero-order valence-corrected chi connectivity index (χ0v) is 10.9. The molecule has 2 heterocycles. The van der Waals surface area contributed by atoms with E-state index in [9.17, 15) is 0 Å². The number of aryl methyl sites for hydroxylation is 1. The Labute approximate surface area is 115 Å². The van der Waals surface area contributed by atoms with Gasteiger partial charge < -0.3 is 19.6 Å². The van der Waals surface area contributed by atoms with Gasteiger partial charge in [0.05, 0.1) is 18.2 Å². The molecule has 0 fully saturated rings. The molecule has 0 amide bonds. The second-order valence-electron chi connectivity index (χ2n) is 4.23. The zero-order chi connectivity index (χ0) is 13.9. The van der Waals surface area contributed by atoms with Crippen molar-refractivity contribution in [2.24, 2.45) is 7.05 Å². The maximum atomic E-state index is 5.78. The first-order valence-electron chi connectivity index (χ1n) is 6.00. The molecule has 0 aliphatic rings. The Balaban J connectivity index is 1.72. The summed E-state index contributed by atoms with van der Waals surface area (Å²) in [6, 6.07) is 7.24. The Hall–Kier alpha value is -2.83. The molecular formula is C13H13N5O2. The minimum absolute atomic E-state index is 0.166. The van der Waals surface area contributed by atoms with Crippen LogP contribution < -0.4 is 10.5 Å². The highest BCUT2D eigenvalue weighted by Crippen LogP contribution is 2.21. The van der Waals surface area contributed by atoms with Crippen LogP contribution in [0.5, 0.6) is 5.75 Å². The minimum Gasteiger partial charge on any atom is -0.482 e. The van der Waals surface area contributed by atoms with Crippen LogP contribution in [0.3, 0.4) is 0 Å². The highest BCUT2D eigenvalue weighted by molar-refractivity contribution is 5.51. The average molecular weight is 271 g/mol. The topological polar surface area (TPSA) is 92.0 Å². The molecule has 0 atom stereocenters. The second-order valence-corrected chi connectivity index (χ2v) is 4.23. The Morgan fingerprint density at radius 2 is 2.20 bits per heavy atom. The first-order chi connectivity index (χ1) is 9.74. The van der Waals surface area contributed by atoms with Gasteiger partial charge in [0, 0.05) is 7.05 Å². The van der Waals surface area contributed by atoms with Crippen molar-refractivity contribution in [2.75, 3.05) is 5.73 Å². The highest BCUT2D eigenvalue weighted by atomic mass is 16.5. The van der Waals surface area contributed by atoms with Crippen molar-refractivity contribution < 1.29 is 9.26 Å². The lowest BCUT2D eigenvalue weighted by atomic mass is 10.3. The van der Waals surface area contributed by atoms with E-state index < -0.39 is 0 Å². The van der Waals surface area contributed by atoms with Crippen molar-refractivity contribution >= 4 is 5.69 Å². The summed E-state index contributed by atoms with van der Waals surface area (Å²) < 4.78 is 12.5. The van der Waals surface area contributed by atoms with E-state index in [1.54, 1.807) is 24.7 Å². The number of aromatic nitrogens is 4. The van der Waals surface area contributed by atoms with Crippen molar-refractivity contribution in [2.45, 2.75) is 6.61 Å². The molecular weight excluding hydrogens is 258 g/mol. The van der Waals surface area contributed by atoms with Crippen molar-refractivity contribution in [3.63, 3.8) is 0 Å². The molecule has 0 aliphatic heterocycles. The summed E-state index contributed by atoms with van der Waals surface area (Å²) in [5.74, 6) is 1.45. The monoisotopic (exact) mass is 271 g/mol. The lowest BCUT2D eigenvalue weighted by molar-refractivity contribution is 0.244. The number of hydrogen-bond donors (Lipinski definition) is 1. The number of nitrogens with two attached hydrogens (primary N) is 1. The fourth-order valence-electron chi connectivity index (χ4n) is 1.74. The minimum atomic E-state index is 0.166. The first-order valence-corrected chi connectivity index (χ1v) is 6.00. The summed E-state index contributed by atoms with van der Waals surface area (Å²) in [7, 11) is 1.86. The number of benzene rings is 1. The Morgan fingerprint density at radius 1 is 1.35 bits per heavy atom. The number of para-hydroxylation sites is 2. The molecule has 0 bridgehead atoms. The SMILES string of the molecule is Cn1cncc1-c1noc(COc2ccccc2N)n1. The molecule has 3 rings (SSSR count). The van der Waals surface area contributed by atoms with Crippen LogP contribution in [0.25, 0.3) is 11.5 Å². The third-order valence-electron chi connectivity index (χ3n) is 2.78. The van der Waals surface area contributed by atoms with Gasteiger partial charge in [0.2, 0.25) is 5.82 Å². The molecule has 0 spiro atoms. The van der Waals surface area contributed by atoms with Gasteiger partial charge in [0.25, 0.3) is 5.89 Å². The van der Waals surface area contributed by atoms with Gasteiger partial charge in [0.15, 0.2) is 6.61 Å². The standard InChI is InChI=1S/C13H13N5O2/c1-18-8-15-6-10(18)13-16-12(20-17-13)7-19-11-5-3-2-4-9(11)14/h2-6,8H,7,14H2,1H3. The molecule has 7 nitrogen and oxygen atoms in total. The number of rotatable bonds is 4. The van der Waals surface area contributed by atoms with Crippen LogP contribution in [-0.4, -0.2) is 19.7 Å². The van der Waals surface area contributed by atoms with Crippen molar-refractivity contribution in [3.05, 3.63) is 42.7 Å². The summed E-state index contributed by atoms with van der Waals surface area (Å²) in [4.78, 5) is 8.26. The molecule has 0 aliphatic carbocycles. The molecule has 102 valence electrons. The summed E-state index contributed by atoms with van der Waals surface area (Å²) >= 11 is 0. The third kappa shape index (κ3) is 2.33. The summed E-state index contributed by atoms with van der Waals surface area (Å²) in [5, 5.41) is 3.90. The normalized spacial score (nSPS) is 10.7. The highest BCUT2D eigenvalue weighted by Gasteiger charge is 2.12. The number of nitrogen functional groups attached to an aromatic ring is 1. The van der Waals surface area contributed by atoms with E-state index >= 15 is 0 Å². The Morgan fingerprint density at radius 3 is 2.95 bits per heavy atom. The Bertz CT molecular complexity index is 719. The summed E-state index contributed by atoms with van der Waals surface area (Å²) in [6.45, 7) is 0.166. The van der Waals surface area contributed by atoms with Crippen LogP contribution in [-0.2, 0) is 13.7 Å². The van der Waals surface area contributed by atoms with E-state index in [1.807, 2.05) is 23.7 Å². The molecule has 2 aromatic heterocycles. The maximum absolute atomic E-state index is 5.78. The summed E-state index contributed by atoms with van der Waals surface area (Å²) in [5.41, 5.74) is 7.13. The quantitative estimate of drug-likeness (QED) is 0.725. The lowest BCUT2D eigenvalue weighted by Crippen LogP contribution is -1.99. The maximum Gasteiger partial charge on any atom is 0.264 e. The van der Waals surface area contributed by atoms with Gasteiger partial charge in [-0.3, -0.25) is 0 Å². The number of ether oxygens (including phenoxy) is 1. The average Bonchev–Trinajstić information content (AvgIpc) is 3.06. The number of imidazole rings is 1. The largest absolute Gasteiger partial charge is 0.482 e. The smallest absolute Gasteiger partial charge is 0.264 e. The van der Waals surface area contributed by atoms with E-state index in [2.05, 4.69) is 15.1 Å². The fourth-order valence-corrected chi connectivity index (χ4v) is 1.74. The molecule has 0 unspecified atom stereocenters. The molecule has 7 heteroatoms. The van der Waals surface area contributed by atoms with Crippen molar-refractivity contribution in [1.82, 2.24) is 19.7 Å². The van der Waals surface area contributed by atoms with Gasteiger partial charge >= 0.3 is 0 Å². The van der Waals surface area contributed by atoms with Crippen LogP contribution in [0.4, 0.5) is 5.69 Å². The zero-order valence-electron chi connectivity index (χ0n) is 10.9. The number of nitrogens with zero attached hydrogens (tertiary/aromatic N) is 4. The van der Waals surface area contributed by atoms with Gasteiger partial charge in [-0.25, -0.2) is 4.98 Å². The van der Waals surface area contributed by atoms with Crippen molar-refractivity contribution in [1.29, 1.82) is 0 Å². The van der Waals surface area contributed by atoms with E-state index in [-0.39, 0.29) is 6.61 Å². The van der Waals surface area contributed by atoms with E-state index in [4.69, 9.17) is 15.0 Å². The van der Waals surface area contributed by atoms with E-state index in [0.29, 0.717) is 23.2 Å². The molecule has 0 saturated carbocycles. The second kappa shape index (κ2) is 5.04. The van der Waals surface area contributed by atoms with Gasteiger partial charge in [-0.05, 0) is 12.1 Å². The van der Waals surface area contributed by atoms with Crippen LogP contribution in [0, 0.1) is 0 Å². The molecule has 0 radical (unpaired) electrons. The van der Waals surface area contributed by atoms with E-state index in [1.165, 1.54) is 0 Å². The first kappa shape index (κ1) is 12.2. The van der Waals surface area contributed by atoms with Crippen LogP contribution in [0.1, 0.15) is 5.89 Å². The summed E-state index contributed by atoms with van der Waals surface area (Å²) in [6.07, 6.45) is 3.34. The molecule has 3 aromatic rings. The third-order valence-corrected chi connectivity index (χ3v) is 2.78. The predicted octanol–water partition coefficient (Wildman–Crippen LogP) is 1.63. The fraction of sp³-hybridized carbons (Fsp3) is 0.154.